The maximum atomic E-state index is 12.5. The minimum atomic E-state index is -0.0634. The van der Waals surface area contributed by atoms with E-state index in [2.05, 4.69) is 25.2 Å². The van der Waals surface area contributed by atoms with E-state index in [4.69, 9.17) is 0 Å². The molecule has 4 rings (SSSR count). The van der Waals surface area contributed by atoms with Gasteiger partial charge in [0.2, 0.25) is 0 Å². The summed E-state index contributed by atoms with van der Waals surface area (Å²) in [7, 11) is 0. The van der Waals surface area contributed by atoms with Crippen molar-refractivity contribution in [1.82, 2.24) is 29.9 Å². The van der Waals surface area contributed by atoms with Gasteiger partial charge in [-0.25, -0.2) is 9.67 Å². The van der Waals surface area contributed by atoms with Crippen molar-refractivity contribution in [2.24, 2.45) is 0 Å². The SMILES string of the molecule is CCn1nnc2cc(C(=O)N[C@H]3CCc4nccn4C3)ccc21. The number of nitrogens with one attached hydrogen (secondary N) is 1. The van der Waals surface area contributed by atoms with Crippen LogP contribution in [0, 0.1) is 0 Å². The van der Waals surface area contributed by atoms with Crippen molar-refractivity contribution < 1.29 is 4.79 Å². The van der Waals surface area contributed by atoms with Crippen LogP contribution in [0.1, 0.15) is 29.5 Å². The predicted octanol–water partition coefficient (Wildman–Crippen LogP) is 1.39. The van der Waals surface area contributed by atoms with Crippen LogP contribution in [0.5, 0.6) is 0 Å². The van der Waals surface area contributed by atoms with Crippen LogP contribution in [0.15, 0.2) is 30.6 Å². The third-order valence-corrected chi connectivity index (χ3v) is 4.35. The summed E-state index contributed by atoms with van der Waals surface area (Å²) in [6.07, 6.45) is 5.58. The summed E-state index contributed by atoms with van der Waals surface area (Å²) in [5.74, 6) is 1.03. The van der Waals surface area contributed by atoms with Crippen LogP contribution < -0.4 is 5.32 Å². The lowest BCUT2D eigenvalue weighted by atomic mass is 10.1. The Hall–Kier alpha value is -2.70. The molecule has 1 aromatic carbocycles. The Balaban J connectivity index is 1.51. The van der Waals surface area contributed by atoms with Crippen LogP contribution in [0.4, 0.5) is 0 Å². The van der Waals surface area contributed by atoms with Gasteiger partial charge in [0, 0.05) is 43.5 Å². The number of hydrogen-bond acceptors (Lipinski definition) is 4. The second-order valence-corrected chi connectivity index (χ2v) is 5.81. The molecule has 0 saturated carbocycles. The summed E-state index contributed by atoms with van der Waals surface area (Å²) in [6, 6.07) is 5.67. The van der Waals surface area contributed by atoms with Gasteiger partial charge in [-0.05, 0) is 31.5 Å². The van der Waals surface area contributed by atoms with E-state index >= 15 is 0 Å². The molecule has 118 valence electrons. The van der Waals surface area contributed by atoms with E-state index in [1.165, 1.54) is 0 Å². The number of carbonyl (C=O) groups excluding carboxylic acids is 1. The van der Waals surface area contributed by atoms with Gasteiger partial charge in [-0.3, -0.25) is 4.79 Å². The van der Waals surface area contributed by atoms with E-state index in [0.29, 0.717) is 5.56 Å². The van der Waals surface area contributed by atoms with E-state index in [-0.39, 0.29) is 11.9 Å². The first-order valence-electron chi connectivity index (χ1n) is 7.88. The van der Waals surface area contributed by atoms with Crippen molar-refractivity contribution >= 4 is 16.9 Å². The van der Waals surface area contributed by atoms with Crippen molar-refractivity contribution in [1.29, 1.82) is 0 Å². The number of hydrogen-bond donors (Lipinski definition) is 1. The van der Waals surface area contributed by atoms with Gasteiger partial charge in [0.15, 0.2) is 0 Å². The fourth-order valence-electron chi connectivity index (χ4n) is 3.10. The molecule has 0 unspecified atom stereocenters. The highest BCUT2D eigenvalue weighted by molar-refractivity contribution is 5.97. The summed E-state index contributed by atoms with van der Waals surface area (Å²) >= 11 is 0. The number of nitrogens with zero attached hydrogens (tertiary/aromatic N) is 5. The van der Waals surface area contributed by atoms with Crippen LogP contribution in [0.2, 0.25) is 0 Å². The summed E-state index contributed by atoms with van der Waals surface area (Å²) in [6.45, 7) is 3.55. The van der Waals surface area contributed by atoms with Crippen molar-refractivity contribution in [3.8, 4) is 0 Å². The third-order valence-electron chi connectivity index (χ3n) is 4.35. The predicted molar refractivity (Wildman–Crippen MR) is 85.0 cm³/mol. The van der Waals surface area contributed by atoms with Crippen molar-refractivity contribution in [3.05, 3.63) is 42.0 Å². The molecule has 0 fully saturated rings. The van der Waals surface area contributed by atoms with Gasteiger partial charge in [0.1, 0.15) is 11.3 Å². The Bertz CT molecular complexity index is 864. The zero-order valence-electron chi connectivity index (χ0n) is 12.9. The lowest BCUT2D eigenvalue weighted by Gasteiger charge is -2.24. The van der Waals surface area contributed by atoms with Crippen LogP contribution in [0.3, 0.4) is 0 Å². The molecule has 7 heteroatoms. The molecule has 0 spiro atoms. The molecular formula is C16H18N6O. The Morgan fingerprint density at radius 1 is 1.43 bits per heavy atom. The summed E-state index contributed by atoms with van der Waals surface area (Å²) in [5.41, 5.74) is 2.32. The van der Waals surface area contributed by atoms with Gasteiger partial charge in [0.05, 0.1) is 5.52 Å². The van der Waals surface area contributed by atoms with Crippen LogP contribution in [-0.2, 0) is 19.5 Å². The summed E-state index contributed by atoms with van der Waals surface area (Å²) in [5, 5.41) is 11.3. The monoisotopic (exact) mass is 310 g/mol. The van der Waals surface area contributed by atoms with Gasteiger partial charge >= 0.3 is 0 Å². The third kappa shape index (κ3) is 2.48. The minimum absolute atomic E-state index is 0.0634. The molecule has 2 aromatic heterocycles. The number of rotatable bonds is 3. The highest BCUT2D eigenvalue weighted by atomic mass is 16.1. The zero-order chi connectivity index (χ0) is 15.8. The van der Waals surface area contributed by atoms with E-state index < -0.39 is 0 Å². The zero-order valence-corrected chi connectivity index (χ0v) is 12.9. The van der Waals surface area contributed by atoms with Crippen LogP contribution in [0.25, 0.3) is 11.0 Å². The second kappa shape index (κ2) is 5.49. The molecule has 1 aliphatic heterocycles. The normalized spacial score (nSPS) is 17.2. The summed E-state index contributed by atoms with van der Waals surface area (Å²) in [4.78, 5) is 16.8. The number of carbonyl (C=O) groups is 1. The maximum Gasteiger partial charge on any atom is 0.251 e. The largest absolute Gasteiger partial charge is 0.347 e. The van der Waals surface area contributed by atoms with Crippen molar-refractivity contribution in [2.45, 2.75) is 38.9 Å². The number of amides is 1. The van der Waals surface area contributed by atoms with Crippen molar-refractivity contribution in [2.75, 3.05) is 0 Å². The van der Waals surface area contributed by atoms with Gasteiger partial charge in [-0.2, -0.15) is 0 Å². The maximum absolute atomic E-state index is 12.5. The van der Waals surface area contributed by atoms with E-state index in [1.54, 1.807) is 6.07 Å². The molecule has 1 amide bonds. The van der Waals surface area contributed by atoms with Crippen LogP contribution in [-0.4, -0.2) is 36.5 Å². The Labute approximate surface area is 133 Å². The molecule has 7 nitrogen and oxygen atoms in total. The van der Waals surface area contributed by atoms with Crippen molar-refractivity contribution in [3.63, 3.8) is 0 Å². The molecule has 0 bridgehead atoms. The second-order valence-electron chi connectivity index (χ2n) is 5.81. The highest BCUT2D eigenvalue weighted by Crippen LogP contribution is 2.16. The lowest BCUT2D eigenvalue weighted by molar-refractivity contribution is 0.0927. The quantitative estimate of drug-likeness (QED) is 0.793. The molecule has 23 heavy (non-hydrogen) atoms. The van der Waals surface area contributed by atoms with Crippen LogP contribution >= 0.6 is 0 Å². The Morgan fingerprint density at radius 2 is 2.35 bits per heavy atom. The Kier molecular flexibility index (Phi) is 3.33. The average molecular weight is 310 g/mol. The average Bonchev–Trinajstić information content (AvgIpc) is 3.19. The first-order valence-corrected chi connectivity index (χ1v) is 7.88. The molecule has 1 atom stereocenters. The number of imidazole rings is 1. The molecular weight excluding hydrogens is 292 g/mol. The van der Waals surface area contributed by atoms with Gasteiger partial charge in [0.25, 0.3) is 5.91 Å². The Morgan fingerprint density at radius 3 is 3.22 bits per heavy atom. The summed E-state index contributed by atoms with van der Waals surface area (Å²) < 4.78 is 3.92. The fourth-order valence-corrected chi connectivity index (χ4v) is 3.10. The van der Waals surface area contributed by atoms with E-state index in [1.807, 2.05) is 36.1 Å². The number of benzene rings is 1. The van der Waals surface area contributed by atoms with Gasteiger partial charge in [-0.1, -0.05) is 5.21 Å². The van der Waals surface area contributed by atoms with Gasteiger partial charge < -0.3 is 9.88 Å². The first-order chi connectivity index (χ1) is 11.2. The molecule has 0 saturated heterocycles. The molecule has 3 aromatic rings. The smallest absolute Gasteiger partial charge is 0.251 e. The number of fused-ring (bicyclic) bond motifs is 2. The standard InChI is InChI=1S/C16H18N6O/c1-2-22-14-5-3-11(9-13(14)19-20-22)16(23)18-12-4-6-15-17-7-8-21(15)10-12/h3,5,7-9,12H,2,4,6,10H2,1H3,(H,18,23)/t12-/m0/s1. The van der Waals surface area contributed by atoms with E-state index in [0.717, 1.165) is 42.8 Å². The molecule has 0 aliphatic carbocycles. The lowest BCUT2D eigenvalue weighted by Crippen LogP contribution is -2.40. The molecule has 1 aliphatic rings. The topological polar surface area (TPSA) is 77.6 Å². The number of aromatic nitrogens is 5. The number of aryl methyl sites for hydroxylation is 2. The van der Waals surface area contributed by atoms with Gasteiger partial charge in [-0.15, -0.1) is 5.10 Å². The fraction of sp³-hybridized carbons (Fsp3) is 0.375. The van der Waals surface area contributed by atoms with E-state index in [9.17, 15) is 4.79 Å². The first kappa shape index (κ1) is 13.9. The molecule has 0 radical (unpaired) electrons. The minimum Gasteiger partial charge on any atom is -0.347 e. The molecule has 3 heterocycles. The highest BCUT2D eigenvalue weighted by Gasteiger charge is 2.21. The molecule has 1 N–H and O–H groups in total.